The summed E-state index contributed by atoms with van der Waals surface area (Å²) in [5, 5.41) is 4.19. The van der Waals surface area contributed by atoms with Crippen LogP contribution in [0.25, 0.3) is 11.3 Å². The minimum Gasteiger partial charge on any atom is -0.460 e. The zero-order chi connectivity index (χ0) is 16.1. The Balaban J connectivity index is 1.56. The van der Waals surface area contributed by atoms with Gasteiger partial charge in [0.15, 0.2) is 0 Å². The van der Waals surface area contributed by atoms with Gasteiger partial charge >= 0.3 is 0 Å². The molecule has 3 heteroatoms. The Labute approximate surface area is 142 Å². The van der Waals surface area contributed by atoms with E-state index in [2.05, 4.69) is 29.6 Å². The number of hydrogen-bond donors (Lipinski definition) is 1. The monoisotopic (exact) mass is 325 g/mol. The van der Waals surface area contributed by atoms with Crippen LogP contribution in [-0.4, -0.2) is 6.54 Å². The summed E-state index contributed by atoms with van der Waals surface area (Å²) in [5.41, 5.74) is 3.44. The molecule has 118 valence electrons. The first kappa shape index (κ1) is 15.9. The third-order valence-corrected chi connectivity index (χ3v) is 4.34. The van der Waals surface area contributed by atoms with E-state index in [1.54, 1.807) is 0 Å². The van der Waals surface area contributed by atoms with E-state index in [9.17, 15) is 0 Å². The SMILES string of the molecule is Cc1c(Cl)cccc1-c1ccc(CNCCc2ccccc2)o1. The predicted octanol–water partition coefficient (Wildman–Crippen LogP) is 5.24. The Morgan fingerprint density at radius 3 is 2.61 bits per heavy atom. The average Bonchev–Trinajstić information content (AvgIpc) is 3.04. The standard InChI is InChI=1S/C20H20ClNO/c1-15-18(8-5-9-19(15)21)20-11-10-17(23-20)14-22-13-12-16-6-3-2-4-7-16/h2-11,22H,12-14H2,1H3. The van der Waals surface area contributed by atoms with Gasteiger partial charge in [-0.15, -0.1) is 0 Å². The highest BCUT2D eigenvalue weighted by atomic mass is 35.5. The summed E-state index contributed by atoms with van der Waals surface area (Å²) >= 11 is 6.18. The van der Waals surface area contributed by atoms with Crippen LogP contribution in [0, 0.1) is 6.92 Å². The number of halogens is 1. The fourth-order valence-electron chi connectivity index (χ4n) is 2.58. The van der Waals surface area contributed by atoms with Gasteiger partial charge in [0, 0.05) is 10.6 Å². The first-order chi connectivity index (χ1) is 11.2. The molecule has 0 aliphatic rings. The molecule has 0 saturated carbocycles. The molecular formula is C20H20ClNO. The largest absolute Gasteiger partial charge is 0.460 e. The second-order valence-corrected chi connectivity index (χ2v) is 6.00. The average molecular weight is 326 g/mol. The Morgan fingerprint density at radius 1 is 0.957 bits per heavy atom. The number of rotatable bonds is 6. The van der Waals surface area contributed by atoms with Crippen molar-refractivity contribution in [2.75, 3.05) is 6.54 Å². The Morgan fingerprint density at radius 2 is 1.78 bits per heavy atom. The van der Waals surface area contributed by atoms with Crippen LogP contribution in [0.5, 0.6) is 0 Å². The molecule has 0 bridgehead atoms. The van der Waals surface area contributed by atoms with Gasteiger partial charge in [-0.05, 0) is 49.2 Å². The lowest BCUT2D eigenvalue weighted by Crippen LogP contribution is -2.16. The van der Waals surface area contributed by atoms with Crippen LogP contribution in [0.15, 0.2) is 65.1 Å². The van der Waals surface area contributed by atoms with Gasteiger partial charge < -0.3 is 9.73 Å². The van der Waals surface area contributed by atoms with Gasteiger partial charge in [0.1, 0.15) is 11.5 Å². The fourth-order valence-corrected chi connectivity index (χ4v) is 2.76. The van der Waals surface area contributed by atoms with E-state index in [0.29, 0.717) is 0 Å². The van der Waals surface area contributed by atoms with Crippen LogP contribution in [0.2, 0.25) is 5.02 Å². The van der Waals surface area contributed by atoms with Crippen LogP contribution in [-0.2, 0) is 13.0 Å². The highest BCUT2D eigenvalue weighted by Crippen LogP contribution is 2.29. The molecule has 3 aromatic rings. The van der Waals surface area contributed by atoms with E-state index in [1.807, 2.05) is 43.3 Å². The molecule has 1 aromatic heterocycles. The number of furan rings is 1. The van der Waals surface area contributed by atoms with Gasteiger partial charge in [-0.3, -0.25) is 0 Å². The summed E-state index contributed by atoms with van der Waals surface area (Å²) in [7, 11) is 0. The highest BCUT2D eigenvalue weighted by Gasteiger charge is 2.09. The van der Waals surface area contributed by atoms with Crippen molar-refractivity contribution in [3.05, 3.63) is 82.6 Å². The summed E-state index contributed by atoms with van der Waals surface area (Å²) < 4.78 is 5.94. The fraction of sp³-hybridized carbons (Fsp3) is 0.200. The summed E-state index contributed by atoms with van der Waals surface area (Å²) in [6.07, 6.45) is 1.02. The summed E-state index contributed by atoms with van der Waals surface area (Å²) in [6.45, 7) is 3.67. The van der Waals surface area contributed by atoms with Gasteiger partial charge in [0.2, 0.25) is 0 Å². The third-order valence-electron chi connectivity index (χ3n) is 3.93. The first-order valence-corrected chi connectivity index (χ1v) is 8.20. The first-order valence-electron chi connectivity index (χ1n) is 7.83. The van der Waals surface area contributed by atoms with Crippen molar-refractivity contribution in [2.24, 2.45) is 0 Å². The molecule has 2 aromatic carbocycles. The van der Waals surface area contributed by atoms with E-state index in [4.69, 9.17) is 16.0 Å². The van der Waals surface area contributed by atoms with E-state index in [0.717, 1.165) is 47.2 Å². The molecular weight excluding hydrogens is 306 g/mol. The van der Waals surface area contributed by atoms with Crippen LogP contribution < -0.4 is 5.32 Å². The van der Waals surface area contributed by atoms with Gasteiger partial charge in [-0.1, -0.05) is 54.1 Å². The molecule has 23 heavy (non-hydrogen) atoms. The molecule has 0 spiro atoms. The predicted molar refractivity (Wildman–Crippen MR) is 95.7 cm³/mol. The third kappa shape index (κ3) is 4.04. The van der Waals surface area contributed by atoms with Crippen molar-refractivity contribution in [3.8, 4) is 11.3 Å². The molecule has 2 nitrogen and oxygen atoms in total. The van der Waals surface area contributed by atoms with Crippen molar-refractivity contribution in [1.29, 1.82) is 0 Å². The Bertz CT molecular complexity index is 764. The minimum atomic E-state index is 0.729. The molecule has 3 rings (SSSR count). The molecule has 0 amide bonds. The van der Waals surface area contributed by atoms with Crippen LogP contribution in [0.3, 0.4) is 0 Å². The lowest BCUT2D eigenvalue weighted by atomic mass is 10.1. The Kier molecular flexibility index (Phi) is 5.16. The smallest absolute Gasteiger partial charge is 0.134 e. The second kappa shape index (κ2) is 7.49. The lowest BCUT2D eigenvalue weighted by Gasteiger charge is -2.05. The van der Waals surface area contributed by atoms with Crippen molar-refractivity contribution in [1.82, 2.24) is 5.32 Å². The minimum absolute atomic E-state index is 0.729. The van der Waals surface area contributed by atoms with E-state index < -0.39 is 0 Å². The molecule has 1 heterocycles. The molecule has 0 unspecified atom stereocenters. The molecule has 1 N–H and O–H groups in total. The number of hydrogen-bond acceptors (Lipinski definition) is 2. The summed E-state index contributed by atoms with van der Waals surface area (Å²) in [6, 6.07) is 20.4. The lowest BCUT2D eigenvalue weighted by molar-refractivity contribution is 0.494. The van der Waals surface area contributed by atoms with Crippen LogP contribution in [0.1, 0.15) is 16.9 Å². The molecule has 0 aliphatic heterocycles. The Hall–Kier alpha value is -2.03. The van der Waals surface area contributed by atoms with Crippen molar-refractivity contribution < 1.29 is 4.42 Å². The molecule has 0 saturated heterocycles. The molecule has 0 atom stereocenters. The van der Waals surface area contributed by atoms with E-state index in [1.165, 1.54) is 5.56 Å². The normalized spacial score (nSPS) is 10.9. The van der Waals surface area contributed by atoms with E-state index >= 15 is 0 Å². The topological polar surface area (TPSA) is 25.2 Å². The number of benzene rings is 2. The van der Waals surface area contributed by atoms with Crippen molar-refractivity contribution in [2.45, 2.75) is 19.9 Å². The van der Waals surface area contributed by atoms with Gasteiger partial charge in [0.05, 0.1) is 6.54 Å². The maximum Gasteiger partial charge on any atom is 0.134 e. The highest BCUT2D eigenvalue weighted by molar-refractivity contribution is 6.31. The summed E-state index contributed by atoms with van der Waals surface area (Å²) in [4.78, 5) is 0. The quantitative estimate of drug-likeness (QED) is 0.627. The molecule has 0 fully saturated rings. The number of nitrogens with one attached hydrogen (secondary N) is 1. The van der Waals surface area contributed by atoms with Crippen molar-refractivity contribution >= 4 is 11.6 Å². The molecule has 0 aliphatic carbocycles. The van der Waals surface area contributed by atoms with Gasteiger partial charge in [-0.2, -0.15) is 0 Å². The maximum atomic E-state index is 6.18. The van der Waals surface area contributed by atoms with E-state index in [-0.39, 0.29) is 0 Å². The zero-order valence-corrected chi connectivity index (χ0v) is 13.9. The summed E-state index contributed by atoms with van der Waals surface area (Å²) in [5.74, 6) is 1.80. The molecule has 0 radical (unpaired) electrons. The van der Waals surface area contributed by atoms with Gasteiger partial charge in [0.25, 0.3) is 0 Å². The maximum absolute atomic E-state index is 6.18. The zero-order valence-electron chi connectivity index (χ0n) is 13.2. The van der Waals surface area contributed by atoms with Gasteiger partial charge in [-0.25, -0.2) is 0 Å². The second-order valence-electron chi connectivity index (χ2n) is 5.59. The van der Waals surface area contributed by atoms with Crippen molar-refractivity contribution in [3.63, 3.8) is 0 Å². The van der Waals surface area contributed by atoms with Crippen LogP contribution >= 0.6 is 11.6 Å². The van der Waals surface area contributed by atoms with Crippen LogP contribution in [0.4, 0.5) is 0 Å².